The highest BCUT2D eigenvalue weighted by Crippen LogP contribution is 2.16. The number of nitriles is 2. The van der Waals surface area contributed by atoms with E-state index in [1.807, 2.05) is 60.7 Å². The minimum atomic E-state index is -0.244. The van der Waals surface area contributed by atoms with E-state index >= 15 is 0 Å². The molecular weight excluding hydrogens is 394 g/mol. The maximum atomic E-state index is 12.4. The molecule has 0 saturated carbocycles. The second-order valence-corrected chi connectivity index (χ2v) is 7.33. The van der Waals surface area contributed by atoms with E-state index in [0.29, 0.717) is 26.6 Å². The fourth-order valence-electron chi connectivity index (χ4n) is 2.46. The van der Waals surface area contributed by atoms with Crippen molar-refractivity contribution in [2.75, 3.05) is 0 Å². The van der Waals surface area contributed by atoms with Gasteiger partial charge in [-0.3, -0.25) is 4.79 Å². The molecule has 5 nitrogen and oxygen atoms in total. The molecule has 1 heterocycles. The minimum Gasteiger partial charge on any atom is -0.489 e. The highest BCUT2D eigenvalue weighted by Gasteiger charge is 2.05. The summed E-state index contributed by atoms with van der Waals surface area (Å²) < 4.78 is 7.88. The third kappa shape index (κ3) is 4.32. The molecule has 0 bridgehead atoms. The van der Waals surface area contributed by atoms with Gasteiger partial charge in [-0.2, -0.15) is 10.5 Å². The Morgan fingerprint density at radius 3 is 2.39 bits per heavy atom. The lowest BCUT2D eigenvalue weighted by molar-refractivity contribution is 0.306. The van der Waals surface area contributed by atoms with Crippen LogP contribution in [0.3, 0.4) is 0 Å². The van der Waals surface area contributed by atoms with Gasteiger partial charge in [-0.25, -0.2) is 0 Å². The topological polar surface area (TPSA) is 78.8 Å². The average molecular weight is 408 g/mol. The van der Waals surface area contributed by atoms with Crippen LogP contribution in [0.15, 0.2) is 53.3 Å². The molecule has 0 fully saturated rings. The first-order valence-corrected chi connectivity index (χ1v) is 9.40. The van der Waals surface area contributed by atoms with E-state index in [-0.39, 0.29) is 11.1 Å². The summed E-state index contributed by atoms with van der Waals surface area (Å²) in [6, 6.07) is 18.4. The third-order valence-corrected chi connectivity index (χ3v) is 5.40. The number of aromatic nitrogens is 1. The van der Waals surface area contributed by atoms with Crippen LogP contribution in [0.1, 0.15) is 11.1 Å². The van der Waals surface area contributed by atoms with E-state index in [4.69, 9.17) is 26.9 Å². The Morgan fingerprint density at radius 1 is 1.14 bits per heavy atom. The molecule has 0 aliphatic carbocycles. The van der Waals surface area contributed by atoms with E-state index in [1.165, 1.54) is 4.57 Å². The first-order valence-electron chi connectivity index (χ1n) is 8.21. The van der Waals surface area contributed by atoms with Crippen LogP contribution in [0.2, 0.25) is 5.02 Å². The van der Waals surface area contributed by atoms with Gasteiger partial charge < -0.3 is 9.30 Å². The molecular formula is C21H14ClN3O2S. The number of benzene rings is 2. The summed E-state index contributed by atoms with van der Waals surface area (Å²) in [7, 11) is 1.55. The van der Waals surface area contributed by atoms with Crippen LogP contribution < -0.4 is 19.5 Å². The van der Waals surface area contributed by atoms with Crippen LogP contribution in [-0.4, -0.2) is 4.57 Å². The van der Waals surface area contributed by atoms with Crippen LogP contribution in [0.5, 0.6) is 5.75 Å². The van der Waals surface area contributed by atoms with Gasteiger partial charge in [0, 0.05) is 12.1 Å². The zero-order valence-corrected chi connectivity index (χ0v) is 16.4. The largest absolute Gasteiger partial charge is 0.489 e. The second kappa shape index (κ2) is 8.58. The van der Waals surface area contributed by atoms with E-state index in [0.717, 1.165) is 22.5 Å². The Bertz CT molecular complexity index is 1240. The summed E-state index contributed by atoms with van der Waals surface area (Å²) in [4.78, 5) is 12.4. The van der Waals surface area contributed by atoms with Gasteiger partial charge in [-0.15, -0.1) is 11.3 Å². The van der Waals surface area contributed by atoms with Crippen LogP contribution in [-0.2, 0) is 13.7 Å². The van der Waals surface area contributed by atoms with E-state index < -0.39 is 0 Å². The van der Waals surface area contributed by atoms with Crippen molar-refractivity contribution in [2.45, 2.75) is 6.61 Å². The second-order valence-electron chi connectivity index (χ2n) is 5.86. The Hall–Kier alpha value is -3.32. The fourth-order valence-corrected chi connectivity index (χ4v) is 3.63. The maximum absolute atomic E-state index is 12.4. The Labute approximate surface area is 170 Å². The standard InChI is InChI=1S/C21H14ClN3O2S/c1-25-20(26)19(28-21(25)16(11-23)12-24)10-14-4-8-18(9-5-14)27-13-15-2-6-17(22)7-3-15/h2-10H,13H2,1H3/b19-10+. The first-order chi connectivity index (χ1) is 13.5. The van der Waals surface area contributed by atoms with Gasteiger partial charge in [0.1, 0.15) is 29.2 Å². The number of halogens is 1. The summed E-state index contributed by atoms with van der Waals surface area (Å²) in [6.07, 6.45) is 1.73. The smallest absolute Gasteiger partial charge is 0.268 e. The normalized spacial score (nSPS) is 10.9. The average Bonchev–Trinajstić information content (AvgIpc) is 2.98. The van der Waals surface area contributed by atoms with Crippen LogP contribution in [0.25, 0.3) is 11.6 Å². The summed E-state index contributed by atoms with van der Waals surface area (Å²) in [5.41, 5.74) is 1.51. The van der Waals surface area contributed by atoms with Gasteiger partial charge in [0.25, 0.3) is 5.56 Å². The molecule has 3 aromatic rings. The zero-order chi connectivity index (χ0) is 20.1. The maximum Gasteiger partial charge on any atom is 0.268 e. The van der Waals surface area contributed by atoms with Crippen LogP contribution in [0.4, 0.5) is 0 Å². The van der Waals surface area contributed by atoms with Gasteiger partial charge in [-0.1, -0.05) is 35.9 Å². The van der Waals surface area contributed by atoms with Crippen molar-refractivity contribution >= 4 is 34.6 Å². The molecule has 7 heteroatoms. The number of hydrogen-bond acceptors (Lipinski definition) is 5. The molecule has 0 aliphatic heterocycles. The van der Waals surface area contributed by atoms with Crippen molar-refractivity contribution < 1.29 is 4.74 Å². The predicted molar refractivity (Wildman–Crippen MR) is 109 cm³/mol. The SMILES string of the molecule is Cn1c(=C(C#N)C#N)s/c(=C/c2ccc(OCc3ccc(Cl)cc3)cc2)c1=O. The van der Waals surface area contributed by atoms with E-state index in [9.17, 15) is 4.79 Å². The first kappa shape index (κ1) is 19.4. The molecule has 0 atom stereocenters. The monoisotopic (exact) mass is 407 g/mol. The molecule has 28 heavy (non-hydrogen) atoms. The van der Waals surface area contributed by atoms with Crippen molar-refractivity contribution in [1.29, 1.82) is 10.5 Å². The Balaban J connectivity index is 1.83. The van der Waals surface area contributed by atoms with Gasteiger partial charge in [0.2, 0.25) is 0 Å². The van der Waals surface area contributed by atoms with Crippen LogP contribution in [0, 0.1) is 22.7 Å². The van der Waals surface area contributed by atoms with Crippen LogP contribution >= 0.6 is 22.9 Å². The van der Waals surface area contributed by atoms with E-state index in [2.05, 4.69) is 0 Å². The number of ether oxygens (including phenoxy) is 1. The van der Waals surface area contributed by atoms with Gasteiger partial charge in [0.15, 0.2) is 5.57 Å². The van der Waals surface area contributed by atoms with Crippen molar-refractivity contribution in [3.63, 3.8) is 0 Å². The molecule has 0 unspecified atom stereocenters. The molecule has 3 rings (SSSR count). The van der Waals surface area contributed by atoms with Gasteiger partial charge in [0.05, 0.1) is 4.53 Å². The van der Waals surface area contributed by atoms with E-state index in [1.54, 1.807) is 13.1 Å². The minimum absolute atomic E-state index is 0.0739. The number of hydrogen-bond donors (Lipinski definition) is 0. The fraction of sp³-hybridized carbons (Fsp3) is 0.0952. The summed E-state index contributed by atoms with van der Waals surface area (Å²) in [5, 5.41) is 18.7. The molecule has 138 valence electrons. The quantitative estimate of drug-likeness (QED) is 0.666. The third-order valence-electron chi connectivity index (χ3n) is 3.96. The van der Waals surface area contributed by atoms with Crippen molar-refractivity contribution in [2.24, 2.45) is 7.05 Å². The predicted octanol–water partition coefficient (Wildman–Crippen LogP) is 2.71. The van der Waals surface area contributed by atoms with Crippen molar-refractivity contribution in [3.05, 3.63) is 84.2 Å². The van der Waals surface area contributed by atoms with Gasteiger partial charge in [-0.05, 0) is 41.5 Å². The highest BCUT2D eigenvalue weighted by molar-refractivity contribution is 7.07. The summed E-state index contributed by atoms with van der Waals surface area (Å²) >= 11 is 6.99. The van der Waals surface area contributed by atoms with Gasteiger partial charge >= 0.3 is 0 Å². The molecule has 0 N–H and O–H groups in total. The summed E-state index contributed by atoms with van der Waals surface area (Å²) in [5.74, 6) is 0.705. The lowest BCUT2D eigenvalue weighted by atomic mass is 10.2. The Kier molecular flexibility index (Phi) is 5.96. The summed E-state index contributed by atoms with van der Waals surface area (Å²) in [6.45, 7) is 0.427. The molecule has 0 radical (unpaired) electrons. The molecule has 0 spiro atoms. The highest BCUT2D eigenvalue weighted by atomic mass is 35.5. The molecule has 2 aromatic carbocycles. The molecule has 1 aromatic heterocycles. The number of rotatable bonds is 4. The lowest BCUT2D eigenvalue weighted by Crippen LogP contribution is -2.29. The van der Waals surface area contributed by atoms with Crippen molar-refractivity contribution in [3.8, 4) is 17.9 Å². The molecule has 0 saturated heterocycles. The lowest BCUT2D eigenvalue weighted by Gasteiger charge is -2.06. The van der Waals surface area contributed by atoms with Crippen molar-refractivity contribution in [1.82, 2.24) is 4.57 Å². The zero-order valence-electron chi connectivity index (χ0n) is 14.8. The molecule has 0 amide bonds. The number of thiazole rings is 1. The Morgan fingerprint density at radius 2 is 1.79 bits per heavy atom. The number of nitrogens with zero attached hydrogens (tertiary/aromatic N) is 3. The molecule has 0 aliphatic rings.